The Kier molecular flexibility index (Phi) is 1.42. The van der Waals surface area contributed by atoms with E-state index < -0.39 is 0 Å². The predicted molar refractivity (Wildman–Crippen MR) is 62.0 cm³/mol. The van der Waals surface area contributed by atoms with Crippen LogP contribution in [0.5, 0.6) is 0 Å². The lowest BCUT2D eigenvalue weighted by atomic mass is 9.60. The molecule has 0 aromatic heterocycles. The second kappa shape index (κ2) is 2.57. The minimum atomic E-state index is 0.146. The highest BCUT2D eigenvalue weighted by Gasteiger charge is 2.71. The molecule has 0 aromatic carbocycles. The Morgan fingerprint density at radius 1 is 1.29 bits per heavy atom. The molecule has 0 aromatic rings. The maximum absolute atomic E-state index is 11.9. The number of cyclic esters (lactones) is 1. The third-order valence-electron chi connectivity index (χ3n) is 7.24. The zero-order valence-corrected chi connectivity index (χ0v) is 10.4. The van der Waals surface area contributed by atoms with E-state index in [-0.39, 0.29) is 5.97 Å². The molecule has 0 radical (unpaired) electrons. The Bertz CT molecular complexity index is 417. The minimum absolute atomic E-state index is 0.146. The third kappa shape index (κ3) is 0.850. The van der Waals surface area contributed by atoms with Crippen LogP contribution in [0.25, 0.3) is 0 Å². The molecule has 5 fully saturated rings. The van der Waals surface area contributed by atoms with E-state index in [1.807, 2.05) is 0 Å². The van der Waals surface area contributed by atoms with Crippen molar-refractivity contribution in [3.63, 3.8) is 0 Å². The average Bonchev–Trinajstić information content (AvgIpc) is 2.99. The Hall–Kier alpha value is -0.530. The molecule has 1 aliphatic heterocycles. The molecule has 92 valence electrons. The molecule has 5 aliphatic rings. The first-order chi connectivity index (χ1) is 8.19. The lowest BCUT2D eigenvalue weighted by Gasteiger charge is -2.43. The van der Waals surface area contributed by atoms with Gasteiger partial charge in [-0.25, -0.2) is 0 Å². The van der Waals surface area contributed by atoms with Crippen LogP contribution in [-0.2, 0) is 9.53 Å². The van der Waals surface area contributed by atoms with Gasteiger partial charge in [0.2, 0.25) is 0 Å². The Morgan fingerprint density at radius 3 is 3.06 bits per heavy atom. The highest BCUT2D eigenvalue weighted by molar-refractivity contribution is 5.76. The number of carbonyl (C=O) groups excluding carboxylic acids is 1. The van der Waals surface area contributed by atoms with Gasteiger partial charge < -0.3 is 4.74 Å². The molecule has 5 rings (SSSR count). The summed E-state index contributed by atoms with van der Waals surface area (Å²) >= 11 is 0. The number of esters is 1. The normalized spacial score (nSPS) is 66.2. The summed E-state index contributed by atoms with van der Waals surface area (Å²) in [6.45, 7) is 3.25. The summed E-state index contributed by atoms with van der Waals surface area (Å²) in [6.07, 6.45) is 5.71. The Labute approximate surface area is 102 Å². The number of carbonyl (C=O) groups is 1. The molecular formula is C15H20O2. The quantitative estimate of drug-likeness (QED) is 0.474. The summed E-state index contributed by atoms with van der Waals surface area (Å²) < 4.78 is 5.35. The molecular weight excluding hydrogens is 212 g/mol. The summed E-state index contributed by atoms with van der Waals surface area (Å²) in [5.74, 6) is 5.43. The van der Waals surface area contributed by atoms with Crippen LogP contribution < -0.4 is 0 Å². The molecule has 0 N–H and O–H groups in total. The first kappa shape index (κ1) is 9.41. The molecule has 4 bridgehead atoms. The van der Waals surface area contributed by atoms with Gasteiger partial charge in [0.1, 0.15) is 0 Å². The van der Waals surface area contributed by atoms with Crippen molar-refractivity contribution in [2.45, 2.75) is 32.6 Å². The van der Waals surface area contributed by atoms with Gasteiger partial charge >= 0.3 is 5.97 Å². The molecule has 1 saturated heterocycles. The van der Waals surface area contributed by atoms with Crippen LogP contribution in [-0.4, -0.2) is 12.6 Å². The van der Waals surface area contributed by atoms with Crippen LogP contribution in [0.3, 0.4) is 0 Å². The van der Waals surface area contributed by atoms with Crippen LogP contribution in [0, 0.1) is 46.8 Å². The number of hydrogen-bond donors (Lipinski definition) is 0. The van der Waals surface area contributed by atoms with Gasteiger partial charge in [0.15, 0.2) is 0 Å². The minimum Gasteiger partial charge on any atom is -0.465 e. The summed E-state index contributed by atoms with van der Waals surface area (Å²) in [7, 11) is 0. The van der Waals surface area contributed by atoms with Crippen molar-refractivity contribution < 1.29 is 9.53 Å². The summed E-state index contributed by atoms with van der Waals surface area (Å²) in [6, 6.07) is 0. The van der Waals surface area contributed by atoms with Gasteiger partial charge in [-0.2, -0.15) is 0 Å². The van der Waals surface area contributed by atoms with Crippen molar-refractivity contribution in [3.8, 4) is 0 Å². The maximum Gasteiger partial charge on any atom is 0.309 e. The van der Waals surface area contributed by atoms with E-state index in [9.17, 15) is 4.79 Å². The molecule has 8 unspecified atom stereocenters. The van der Waals surface area contributed by atoms with Crippen molar-refractivity contribution >= 4 is 5.97 Å². The molecule has 2 heteroatoms. The lowest BCUT2D eigenvalue weighted by Crippen LogP contribution is -2.41. The summed E-state index contributed by atoms with van der Waals surface area (Å²) in [5.41, 5.74) is 0.586. The first-order valence-electron chi connectivity index (χ1n) is 7.36. The van der Waals surface area contributed by atoms with Crippen molar-refractivity contribution in [3.05, 3.63) is 0 Å². The van der Waals surface area contributed by atoms with E-state index in [2.05, 4.69) is 6.92 Å². The van der Waals surface area contributed by atoms with Gasteiger partial charge in [-0.05, 0) is 60.7 Å². The smallest absolute Gasteiger partial charge is 0.309 e. The third-order valence-corrected chi connectivity index (χ3v) is 7.24. The van der Waals surface area contributed by atoms with Gasteiger partial charge in [-0.3, -0.25) is 4.79 Å². The van der Waals surface area contributed by atoms with E-state index in [4.69, 9.17) is 4.74 Å². The summed E-state index contributed by atoms with van der Waals surface area (Å²) in [5, 5.41) is 0. The van der Waals surface area contributed by atoms with Crippen molar-refractivity contribution in [1.82, 2.24) is 0 Å². The van der Waals surface area contributed by atoms with Crippen LogP contribution in [0.2, 0.25) is 0 Å². The van der Waals surface area contributed by atoms with Crippen LogP contribution in [0.4, 0.5) is 0 Å². The second-order valence-electron chi connectivity index (χ2n) is 7.64. The number of rotatable bonds is 0. The van der Waals surface area contributed by atoms with Gasteiger partial charge in [0, 0.05) is 5.92 Å². The molecule has 1 heterocycles. The van der Waals surface area contributed by atoms with Crippen molar-refractivity contribution in [2.24, 2.45) is 46.8 Å². The average molecular weight is 232 g/mol. The van der Waals surface area contributed by atoms with Crippen molar-refractivity contribution in [1.29, 1.82) is 0 Å². The van der Waals surface area contributed by atoms with E-state index >= 15 is 0 Å². The first-order valence-corrected chi connectivity index (χ1v) is 7.36. The van der Waals surface area contributed by atoms with E-state index in [0.29, 0.717) is 23.2 Å². The highest BCUT2D eigenvalue weighted by Crippen LogP contribution is 2.75. The van der Waals surface area contributed by atoms with E-state index in [1.165, 1.54) is 25.7 Å². The molecule has 4 saturated carbocycles. The van der Waals surface area contributed by atoms with Gasteiger partial charge in [-0.1, -0.05) is 6.92 Å². The van der Waals surface area contributed by atoms with E-state index in [0.717, 1.165) is 30.3 Å². The van der Waals surface area contributed by atoms with Gasteiger partial charge in [-0.15, -0.1) is 0 Å². The monoisotopic (exact) mass is 232 g/mol. The number of hydrogen-bond acceptors (Lipinski definition) is 2. The molecule has 4 aliphatic carbocycles. The van der Waals surface area contributed by atoms with Crippen LogP contribution in [0.15, 0.2) is 0 Å². The summed E-state index contributed by atoms with van der Waals surface area (Å²) in [4.78, 5) is 11.9. The van der Waals surface area contributed by atoms with Crippen LogP contribution >= 0.6 is 0 Å². The molecule has 2 nitrogen and oxygen atoms in total. The fourth-order valence-corrected chi connectivity index (χ4v) is 7.01. The lowest BCUT2D eigenvalue weighted by molar-refractivity contribution is -0.143. The topological polar surface area (TPSA) is 26.3 Å². The highest BCUT2D eigenvalue weighted by atomic mass is 16.5. The Morgan fingerprint density at radius 2 is 2.18 bits per heavy atom. The molecule has 0 spiro atoms. The standard InChI is InChI=1S/C15H20O2/c1-15-3-2-7(5-15)11-8-4-9(13(11)15)12-10(8)6-17-14(12)16/h7-13H,2-6H2,1H3. The van der Waals surface area contributed by atoms with Gasteiger partial charge in [0.25, 0.3) is 0 Å². The van der Waals surface area contributed by atoms with Crippen LogP contribution in [0.1, 0.15) is 32.6 Å². The van der Waals surface area contributed by atoms with Gasteiger partial charge in [0.05, 0.1) is 12.5 Å². The number of fused-ring (bicyclic) bond motifs is 12. The number of ether oxygens (including phenoxy) is 1. The predicted octanol–water partition coefficient (Wildman–Crippen LogP) is 2.48. The molecule has 8 atom stereocenters. The second-order valence-corrected chi connectivity index (χ2v) is 7.64. The maximum atomic E-state index is 11.9. The zero-order valence-electron chi connectivity index (χ0n) is 10.4. The SMILES string of the molecule is CC12CCC(C1)C1C3CC(C4C(=O)OCC34)C12. The Balaban J connectivity index is 1.62. The molecule has 0 amide bonds. The molecule has 17 heavy (non-hydrogen) atoms. The zero-order chi connectivity index (χ0) is 11.4. The fraction of sp³-hybridized carbons (Fsp3) is 0.933. The largest absolute Gasteiger partial charge is 0.465 e. The van der Waals surface area contributed by atoms with E-state index in [1.54, 1.807) is 0 Å². The fourth-order valence-electron chi connectivity index (χ4n) is 7.01. The van der Waals surface area contributed by atoms with Crippen molar-refractivity contribution in [2.75, 3.05) is 6.61 Å².